The molecule has 8 nitrogen and oxygen atoms in total. The van der Waals surface area contributed by atoms with E-state index in [2.05, 4.69) is 0 Å². The molecule has 0 saturated carbocycles. The molecule has 2 aliphatic heterocycles. The van der Waals surface area contributed by atoms with E-state index in [1.54, 1.807) is 20.8 Å². The Morgan fingerprint density at radius 1 is 1.14 bits per heavy atom. The Morgan fingerprint density at radius 3 is 2.28 bits per heavy atom. The number of carboxylic acid groups (broad SMARTS) is 1. The normalized spacial score (nSPS) is 23.1. The molecule has 2 heterocycles. The number of anilines is 1. The van der Waals surface area contributed by atoms with Crippen LogP contribution in [-0.4, -0.2) is 76.6 Å². The monoisotopic (exact) mass is 522 g/mol. The summed E-state index contributed by atoms with van der Waals surface area (Å²) in [6, 6.07) is 2.89. The predicted molar refractivity (Wildman–Crippen MR) is 113 cm³/mol. The van der Waals surface area contributed by atoms with Gasteiger partial charge in [0.2, 0.25) is 6.23 Å². The first kappa shape index (κ1) is 27.4. The van der Waals surface area contributed by atoms with Crippen molar-refractivity contribution in [1.29, 1.82) is 5.26 Å². The van der Waals surface area contributed by atoms with E-state index in [1.807, 2.05) is 0 Å². The fourth-order valence-electron chi connectivity index (χ4n) is 4.57. The zero-order chi connectivity index (χ0) is 27.2. The third kappa shape index (κ3) is 5.45. The molecule has 14 heteroatoms. The molecule has 1 aromatic rings. The van der Waals surface area contributed by atoms with Crippen molar-refractivity contribution in [2.24, 2.45) is 0 Å². The number of halogens is 6. The standard InChI is InChI=1S/C22H24F6N4O4/c1-20(2,3)32(19(34)35)14-6-7-30(10-14)17(33)16-11-31(18(36-16)22(26,27)28)13-5-4-12(9-29)15(8-13)21(23,24)25/h4-5,8,14,16,18H,6-7,10-11H2,1-3H3,(H,34,35)/t14-,16+,18-/m1/s1. The number of rotatable bonds is 3. The zero-order valence-electron chi connectivity index (χ0n) is 19.5. The Bertz CT molecular complexity index is 1060. The summed E-state index contributed by atoms with van der Waals surface area (Å²) in [5, 5.41) is 18.5. The number of carbonyl (C=O) groups is 2. The van der Waals surface area contributed by atoms with Gasteiger partial charge in [0.1, 0.15) is 0 Å². The van der Waals surface area contributed by atoms with Crippen LogP contribution in [0.5, 0.6) is 0 Å². The Labute approximate surface area is 202 Å². The van der Waals surface area contributed by atoms with E-state index in [-0.39, 0.29) is 19.5 Å². The smallest absolute Gasteiger partial charge is 0.433 e. The van der Waals surface area contributed by atoms with E-state index >= 15 is 0 Å². The van der Waals surface area contributed by atoms with E-state index in [1.165, 1.54) is 15.9 Å². The molecule has 198 valence electrons. The number of ether oxygens (including phenoxy) is 1. The Balaban J connectivity index is 1.85. The molecule has 2 amide bonds. The van der Waals surface area contributed by atoms with Crippen molar-refractivity contribution in [2.75, 3.05) is 24.5 Å². The van der Waals surface area contributed by atoms with E-state index in [4.69, 9.17) is 10.00 Å². The summed E-state index contributed by atoms with van der Waals surface area (Å²) in [5.41, 5.74) is -3.46. The maximum Gasteiger partial charge on any atom is 0.433 e. The van der Waals surface area contributed by atoms with Gasteiger partial charge in [-0.05, 0) is 45.4 Å². The van der Waals surface area contributed by atoms with Crippen LogP contribution < -0.4 is 4.90 Å². The Hall–Kier alpha value is -3.21. The van der Waals surface area contributed by atoms with Crippen molar-refractivity contribution in [3.05, 3.63) is 29.3 Å². The van der Waals surface area contributed by atoms with Gasteiger partial charge >= 0.3 is 18.4 Å². The molecule has 2 fully saturated rings. The molecule has 0 bridgehead atoms. The average molecular weight is 522 g/mol. The molecule has 0 aromatic heterocycles. The number of hydrogen-bond acceptors (Lipinski definition) is 5. The summed E-state index contributed by atoms with van der Waals surface area (Å²) >= 11 is 0. The first-order valence-corrected chi connectivity index (χ1v) is 10.9. The molecule has 2 saturated heterocycles. The lowest BCUT2D eigenvalue weighted by atomic mass is 10.0. The number of alkyl halides is 6. The van der Waals surface area contributed by atoms with Gasteiger partial charge in [0.05, 0.1) is 29.8 Å². The molecule has 2 aliphatic rings. The first-order valence-electron chi connectivity index (χ1n) is 10.9. The fraction of sp³-hybridized carbons (Fsp3) is 0.591. The summed E-state index contributed by atoms with van der Waals surface area (Å²) in [5.74, 6) is -0.821. The van der Waals surface area contributed by atoms with Gasteiger partial charge in [-0.15, -0.1) is 0 Å². The second-order valence-corrected chi connectivity index (χ2v) is 9.56. The molecule has 1 N–H and O–H groups in total. The second kappa shape index (κ2) is 9.34. The highest BCUT2D eigenvalue weighted by atomic mass is 19.4. The van der Waals surface area contributed by atoms with Gasteiger partial charge in [0.15, 0.2) is 6.10 Å². The van der Waals surface area contributed by atoms with Gasteiger partial charge in [-0.25, -0.2) is 4.79 Å². The van der Waals surface area contributed by atoms with E-state index < -0.39 is 71.6 Å². The molecular formula is C22H24F6N4O4. The SMILES string of the molecule is CC(C)(C)N(C(=O)O)[C@@H]1CCN(C(=O)[C@@H]2CN(c3ccc(C#N)c(C(F)(F)F)c3)[C@@H](C(F)(F)F)O2)C1. The molecule has 3 atom stereocenters. The molecule has 0 spiro atoms. The minimum absolute atomic E-state index is 0.0615. The number of nitrogens with zero attached hydrogens (tertiary/aromatic N) is 4. The summed E-state index contributed by atoms with van der Waals surface area (Å²) in [4.78, 5) is 27.6. The van der Waals surface area contributed by atoms with Gasteiger partial charge in [0.25, 0.3) is 5.91 Å². The Morgan fingerprint density at radius 2 is 1.78 bits per heavy atom. The minimum Gasteiger partial charge on any atom is -0.465 e. The molecule has 36 heavy (non-hydrogen) atoms. The maximum absolute atomic E-state index is 13.7. The fourth-order valence-corrected chi connectivity index (χ4v) is 4.57. The quantitative estimate of drug-likeness (QED) is 0.602. The third-order valence-corrected chi connectivity index (χ3v) is 6.02. The van der Waals surface area contributed by atoms with Crippen molar-refractivity contribution >= 4 is 17.7 Å². The van der Waals surface area contributed by atoms with E-state index in [9.17, 15) is 41.0 Å². The molecular weight excluding hydrogens is 498 g/mol. The van der Waals surface area contributed by atoms with Crippen LogP contribution in [0.1, 0.15) is 38.3 Å². The number of amides is 2. The van der Waals surface area contributed by atoms with Gasteiger partial charge in [-0.2, -0.15) is 31.6 Å². The predicted octanol–water partition coefficient (Wildman–Crippen LogP) is 4.05. The number of likely N-dealkylation sites (tertiary alicyclic amines) is 1. The zero-order valence-corrected chi connectivity index (χ0v) is 19.5. The molecule has 1 aromatic carbocycles. The van der Waals surface area contributed by atoms with E-state index in [0.717, 1.165) is 12.1 Å². The van der Waals surface area contributed by atoms with Crippen molar-refractivity contribution in [1.82, 2.24) is 9.80 Å². The van der Waals surface area contributed by atoms with Crippen molar-refractivity contribution in [2.45, 2.75) is 63.5 Å². The lowest BCUT2D eigenvalue weighted by Crippen LogP contribution is -2.52. The van der Waals surface area contributed by atoms with Crippen molar-refractivity contribution in [3.8, 4) is 6.07 Å². The van der Waals surface area contributed by atoms with Crippen LogP contribution in [0.4, 0.5) is 36.8 Å². The molecule has 0 radical (unpaired) electrons. The summed E-state index contributed by atoms with van der Waals surface area (Å²) in [6.45, 7) is 4.34. The lowest BCUT2D eigenvalue weighted by Gasteiger charge is -2.37. The number of hydrogen-bond donors (Lipinski definition) is 1. The van der Waals surface area contributed by atoms with Crippen molar-refractivity contribution < 1.29 is 45.8 Å². The largest absolute Gasteiger partial charge is 0.465 e. The average Bonchev–Trinajstić information content (AvgIpc) is 3.38. The van der Waals surface area contributed by atoms with Crippen LogP contribution in [0, 0.1) is 11.3 Å². The lowest BCUT2D eigenvalue weighted by molar-refractivity contribution is -0.214. The number of benzene rings is 1. The summed E-state index contributed by atoms with van der Waals surface area (Å²) in [7, 11) is 0. The van der Waals surface area contributed by atoms with Crippen molar-refractivity contribution in [3.63, 3.8) is 0 Å². The molecule has 3 rings (SSSR count). The van der Waals surface area contributed by atoms with Crippen LogP contribution >= 0.6 is 0 Å². The first-order chi connectivity index (χ1) is 16.4. The maximum atomic E-state index is 13.7. The van der Waals surface area contributed by atoms with E-state index in [0.29, 0.717) is 11.0 Å². The highest BCUT2D eigenvalue weighted by molar-refractivity contribution is 5.83. The summed E-state index contributed by atoms with van der Waals surface area (Å²) < 4.78 is 86.3. The second-order valence-electron chi connectivity index (χ2n) is 9.56. The van der Waals surface area contributed by atoms with Crippen LogP contribution in [-0.2, 0) is 15.7 Å². The molecule has 0 unspecified atom stereocenters. The Kier molecular flexibility index (Phi) is 7.11. The van der Waals surface area contributed by atoms with Gasteiger partial charge in [-0.1, -0.05) is 0 Å². The van der Waals surface area contributed by atoms with Gasteiger partial charge in [0, 0.05) is 24.3 Å². The highest BCUT2D eigenvalue weighted by Gasteiger charge is 2.53. The third-order valence-electron chi connectivity index (χ3n) is 6.02. The van der Waals surface area contributed by atoms with Crippen LogP contribution in [0.3, 0.4) is 0 Å². The van der Waals surface area contributed by atoms with Gasteiger partial charge in [-0.3, -0.25) is 9.69 Å². The minimum atomic E-state index is -5.04. The van der Waals surface area contributed by atoms with Gasteiger partial charge < -0.3 is 19.6 Å². The highest BCUT2D eigenvalue weighted by Crippen LogP contribution is 2.39. The number of carbonyl (C=O) groups excluding carboxylic acids is 1. The van der Waals surface area contributed by atoms with Crippen LogP contribution in [0.25, 0.3) is 0 Å². The topological polar surface area (TPSA) is 97.1 Å². The van der Waals surface area contributed by atoms with Crippen LogP contribution in [0.2, 0.25) is 0 Å². The van der Waals surface area contributed by atoms with Crippen LogP contribution in [0.15, 0.2) is 18.2 Å². The summed E-state index contributed by atoms with van der Waals surface area (Å²) in [6.07, 6.45) is -15.3. The molecule has 0 aliphatic carbocycles. The number of nitriles is 1.